The Labute approximate surface area is 162 Å². The van der Waals surface area contributed by atoms with Crippen molar-refractivity contribution in [1.82, 2.24) is 0 Å². The van der Waals surface area contributed by atoms with Crippen molar-refractivity contribution in [3.8, 4) is 0 Å². The third-order valence-corrected chi connectivity index (χ3v) is 5.73. The number of hydrogen-bond acceptors (Lipinski definition) is 3. The Kier molecular flexibility index (Phi) is 12.7. The molecule has 154 valence electrons. The highest BCUT2D eigenvalue weighted by Gasteiger charge is 2.40. The zero-order valence-corrected chi connectivity index (χ0v) is 17.4. The van der Waals surface area contributed by atoms with Crippen LogP contribution in [0.25, 0.3) is 0 Å². The second kappa shape index (κ2) is 14.9. The molecule has 3 heteroatoms. The average molecular weight is 369 g/mol. The second-order valence-electron chi connectivity index (χ2n) is 8.42. The van der Waals surface area contributed by atoms with E-state index in [-0.39, 0.29) is 6.29 Å². The van der Waals surface area contributed by atoms with Crippen LogP contribution in [-0.4, -0.2) is 31.7 Å². The lowest BCUT2D eigenvalue weighted by atomic mass is 10.0. The van der Waals surface area contributed by atoms with Gasteiger partial charge in [-0.25, -0.2) is 0 Å². The maximum absolute atomic E-state index is 5.62. The molecule has 2 aliphatic heterocycles. The van der Waals surface area contributed by atoms with Crippen LogP contribution in [0, 0.1) is 0 Å². The molecule has 0 radical (unpaired) electrons. The molecule has 0 aromatic rings. The zero-order chi connectivity index (χ0) is 18.3. The Morgan fingerprint density at radius 3 is 1.62 bits per heavy atom. The molecule has 3 atom stereocenters. The van der Waals surface area contributed by atoms with Crippen LogP contribution in [0.1, 0.15) is 116 Å². The van der Waals surface area contributed by atoms with Gasteiger partial charge in [-0.15, -0.1) is 0 Å². The van der Waals surface area contributed by atoms with Crippen molar-refractivity contribution in [3.05, 3.63) is 0 Å². The van der Waals surface area contributed by atoms with Crippen molar-refractivity contribution in [2.75, 3.05) is 13.2 Å². The molecular weight excluding hydrogens is 324 g/mol. The van der Waals surface area contributed by atoms with Gasteiger partial charge < -0.3 is 14.2 Å². The molecule has 0 aliphatic carbocycles. The van der Waals surface area contributed by atoms with E-state index in [2.05, 4.69) is 6.92 Å². The van der Waals surface area contributed by atoms with Gasteiger partial charge in [-0.05, 0) is 6.42 Å². The number of ether oxygens (including phenoxy) is 3. The topological polar surface area (TPSA) is 34.3 Å². The normalized spacial score (nSPS) is 24.1. The minimum atomic E-state index is 0.0792. The summed E-state index contributed by atoms with van der Waals surface area (Å²) in [5.74, 6) is 0. The van der Waals surface area contributed by atoms with Crippen LogP contribution in [0.2, 0.25) is 0 Å². The fourth-order valence-corrected chi connectivity index (χ4v) is 3.74. The van der Waals surface area contributed by atoms with Crippen LogP contribution < -0.4 is 0 Å². The van der Waals surface area contributed by atoms with Gasteiger partial charge in [0.25, 0.3) is 0 Å². The molecule has 3 unspecified atom stereocenters. The van der Waals surface area contributed by atoms with Crippen molar-refractivity contribution >= 4 is 0 Å². The minimum absolute atomic E-state index is 0.0792. The highest BCUT2D eigenvalue weighted by Crippen LogP contribution is 2.29. The molecule has 2 fully saturated rings. The van der Waals surface area contributed by atoms with Crippen LogP contribution >= 0.6 is 0 Å². The third kappa shape index (κ3) is 12.3. The van der Waals surface area contributed by atoms with Gasteiger partial charge in [0.05, 0.1) is 13.2 Å². The number of epoxide rings is 2. The van der Waals surface area contributed by atoms with E-state index >= 15 is 0 Å². The van der Waals surface area contributed by atoms with Crippen LogP contribution in [0.4, 0.5) is 0 Å². The molecule has 0 bridgehead atoms. The summed E-state index contributed by atoms with van der Waals surface area (Å²) < 4.78 is 16.3. The predicted octanol–water partition coefficient (Wildman–Crippen LogP) is 6.78. The Bertz CT molecular complexity index is 317. The van der Waals surface area contributed by atoms with Crippen LogP contribution in [0.15, 0.2) is 0 Å². The molecular formula is C23H44O3. The lowest BCUT2D eigenvalue weighted by Crippen LogP contribution is -2.06. The van der Waals surface area contributed by atoms with E-state index in [1.54, 1.807) is 0 Å². The first-order chi connectivity index (χ1) is 12.9. The van der Waals surface area contributed by atoms with Gasteiger partial charge in [0, 0.05) is 0 Å². The Morgan fingerprint density at radius 1 is 0.692 bits per heavy atom. The quantitative estimate of drug-likeness (QED) is 0.175. The van der Waals surface area contributed by atoms with Crippen molar-refractivity contribution in [1.29, 1.82) is 0 Å². The zero-order valence-electron chi connectivity index (χ0n) is 17.4. The Morgan fingerprint density at radius 2 is 1.15 bits per heavy atom. The second-order valence-corrected chi connectivity index (χ2v) is 8.42. The van der Waals surface area contributed by atoms with Crippen molar-refractivity contribution in [2.45, 2.75) is 135 Å². The van der Waals surface area contributed by atoms with Crippen molar-refractivity contribution in [3.63, 3.8) is 0 Å². The van der Waals surface area contributed by atoms with Gasteiger partial charge in [-0.1, -0.05) is 110 Å². The lowest BCUT2D eigenvalue weighted by Gasteiger charge is -2.03. The molecule has 0 spiro atoms. The Hall–Kier alpha value is -0.120. The van der Waals surface area contributed by atoms with Crippen LogP contribution in [0.5, 0.6) is 0 Å². The van der Waals surface area contributed by atoms with E-state index in [9.17, 15) is 0 Å². The first kappa shape index (κ1) is 22.2. The standard InChI is InChI=1S/C23H44O3/c1-2-3-4-5-6-7-8-9-10-11-12-13-14-15-16-17-18-22-23(26-22)25-20-21-19-24-21/h21-23H,2-20H2,1H3. The molecule has 2 saturated heterocycles. The highest BCUT2D eigenvalue weighted by molar-refractivity contribution is 4.78. The monoisotopic (exact) mass is 368 g/mol. The van der Waals surface area contributed by atoms with Crippen molar-refractivity contribution in [2.24, 2.45) is 0 Å². The van der Waals surface area contributed by atoms with Gasteiger partial charge >= 0.3 is 0 Å². The summed E-state index contributed by atoms with van der Waals surface area (Å²) in [5, 5.41) is 0. The van der Waals surface area contributed by atoms with E-state index in [1.165, 1.54) is 109 Å². The van der Waals surface area contributed by atoms with Gasteiger partial charge in [-0.2, -0.15) is 0 Å². The molecule has 0 aromatic carbocycles. The van der Waals surface area contributed by atoms with Crippen LogP contribution in [-0.2, 0) is 14.2 Å². The summed E-state index contributed by atoms with van der Waals surface area (Å²) in [6, 6.07) is 0. The Balaban J connectivity index is 1.19. The molecule has 0 saturated carbocycles. The van der Waals surface area contributed by atoms with Gasteiger partial charge in [-0.3, -0.25) is 0 Å². The molecule has 0 aromatic heterocycles. The van der Waals surface area contributed by atoms with Gasteiger partial charge in [0.1, 0.15) is 12.2 Å². The summed E-state index contributed by atoms with van der Waals surface area (Å²) >= 11 is 0. The SMILES string of the molecule is CCCCCCCCCCCCCCCCCCC1OC1OCC1CO1. The summed E-state index contributed by atoms with van der Waals surface area (Å²) in [6.07, 6.45) is 24.8. The first-order valence-corrected chi connectivity index (χ1v) is 11.8. The van der Waals surface area contributed by atoms with E-state index in [4.69, 9.17) is 14.2 Å². The average Bonchev–Trinajstić information content (AvgIpc) is 3.55. The summed E-state index contributed by atoms with van der Waals surface area (Å²) in [4.78, 5) is 0. The maximum Gasteiger partial charge on any atom is 0.184 e. The maximum atomic E-state index is 5.62. The van der Waals surface area contributed by atoms with Crippen molar-refractivity contribution < 1.29 is 14.2 Å². The third-order valence-electron chi connectivity index (χ3n) is 5.73. The number of hydrogen-bond donors (Lipinski definition) is 0. The first-order valence-electron chi connectivity index (χ1n) is 11.8. The fourth-order valence-electron chi connectivity index (χ4n) is 3.74. The van der Waals surface area contributed by atoms with Crippen LogP contribution in [0.3, 0.4) is 0 Å². The largest absolute Gasteiger partial charge is 0.371 e. The molecule has 2 aliphatic rings. The molecule has 0 N–H and O–H groups in total. The fraction of sp³-hybridized carbons (Fsp3) is 1.00. The van der Waals surface area contributed by atoms with E-state index in [0.29, 0.717) is 12.2 Å². The van der Waals surface area contributed by atoms with E-state index in [0.717, 1.165) is 13.2 Å². The smallest absolute Gasteiger partial charge is 0.184 e. The van der Waals surface area contributed by atoms with E-state index < -0.39 is 0 Å². The molecule has 2 heterocycles. The number of unbranched alkanes of at least 4 members (excludes halogenated alkanes) is 15. The van der Waals surface area contributed by atoms with E-state index in [1.807, 2.05) is 0 Å². The molecule has 0 amide bonds. The predicted molar refractivity (Wildman–Crippen MR) is 109 cm³/mol. The highest BCUT2D eigenvalue weighted by atomic mass is 16.8. The summed E-state index contributed by atoms with van der Waals surface area (Å²) in [5.41, 5.74) is 0. The van der Waals surface area contributed by atoms with Gasteiger partial charge in [0.2, 0.25) is 0 Å². The molecule has 2 rings (SSSR count). The lowest BCUT2D eigenvalue weighted by molar-refractivity contribution is 0.0405. The number of rotatable bonds is 20. The molecule has 3 nitrogen and oxygen atoms in total. The molecule has 26 heavy (non-hydrogen) atoms. The minimum Gasteiger partial charge on any atom is -0.371 e. The summed E-state index contributed by atoms with van der Waals surface area (Å²) in [7, 11) is 0. The summed E-state index contributed by atoms with van der Waals surface area (Å²) in [6.45, 7) is 3.89. The van der Waals surface area contributed by atoms with Gasteiger partial charge in [0.15, 0.2) is 6.29 Å².